The second-order valence-electron chi connectivity index (χ2n) is 5.16. The van der Waals surface area contributed by atoms with Gasteiger partial charge in [-0.1, -0.05) is 0 Å². The van der Waals surface area contributed by atoms with Gasteiger partial charge >= 0.3 is 5.97 Å². The van der Waals surface area contributed by atoms with E-state index in [1.807, 2.05) is 18.4 Å². The van der Waals surface area contributed by atoms with Crippen molar-refractivity contribution in [3.05, 3.63) is 38.7 Å². The zero-order valence-electron chi connectivity index (χ0n) is 13.8. The van der Waals surface area contributed by atoms with Gasteiger partial charge < -0.3 is 14.4 Å². The van der Waals surface area contributed by atoms with E-state index in [2.05, 4.69) is 0 Å². The standard InChI is InChI=1S/C17H21NO4S/c1-5-22-17(20)15-12(3)18(7-8-21-4)16(19)13(15)10-14-11(2)6-9-23-14/h6,9-10H,5,7-8H2,1-4H3/b13-10+. The lowest BCUT2D eigenvalue weighted by Gasteiger charge is -2.16. The van der Waals surface area contributed by atoms with Gasteiger partial charge in [0, 0.05) is 24.2 Å². The Kier molecular flexibility index (Phi) is 5.74. The van der Waals surface area contributed by atoms with Gasteiger partial charge in [-0.2, -0.15) is 0 Å². The number of hydrogen-bond donors (Lipinski definition) is 0. The minimum Gasteiger partial charge on any atom is -0.462 e. The predicted molar refractivity (Wildman–Crippen MR) is 90.0 cm³/mol. The van der Waals surface area contributed by atoms with Gasteiger partial charge in [0.15, 0.2) is 0 Å². The monoisotopic (exact) mass is 335 g/mol. The first kappa shape index (κ1) is 17.4. The molecular formula is C17H21NO4S. The number of thiophene rings is 1. The number of carbonyl (C=O) groups excluding carboxylic acids is 2. The van der Waals surface area contributed by atoms with Crippen LogP contribution in [0.25, 0.3) is 6.08 Å². The molecule has 0 aromatic carbocycles. The highest BCUT2D eigenvalue weighted by atomic mass is 32.1. The highest BCUT2D eigenvalue weighted by Gasteiger charge is 2.37. The summed E-state index contributed by atoms with van der Waals surface area (Å²) in [6, 6.07) is 1.99. The van der Waals surface area contributed by atoms with Crippen LogP contribution in [0, 0.1) is 6.92 Å². The van der Waals surface area contributed by atoms with Crippen LogP contribution < -0.4 is 0 Å². The van der Waals surface area contributed by atoms with Gasteiger partial charge in [-0.15, -0.1) is 11.3 Å². The number of methoxy groups -OCH3 is 1. The van der Waals surface area contributed by atoms with Crippen LogP contribution in [0.3, 0.4) is 0 Å². The van der Waals surface area contributed by atoms with Gasteiger partial charge in [0.05, 0.1) is 24.4 Å². The van der Waals surface area contributed by atoms with E-state index in [0.717, 1.165) is 10.4 Å². The summed E-state index contributed by atoms with van der Waals surface area (Å²) < 4.78 is 10.2. The van der Waals surface area contributed by atoms with Gasteiger partial charge in [0.2, 0.25) is 0 Å². The van der Waals surface area contributed by atoms with E-state index in [9.17, 15) is 9.59 Å². The summed E-state index contributed by atoms with van der Waals surface area (Å²) in [7, 11) is 1.58. The molecule has 23 heavy (non-hydrogen) atoms. The van der Waals surface area contributed by atoms with Crippen molar-refractivity contribution < 1.29 is 19.1 Å². The quantitative estimate of drug-likeness (QED) is 0.592. The molecule has 0 saturated carbocycles. The predicted octanol–water partition coefficient (Wildman–Crippen LogP) is 2.77. The molecule has 1 aliphatic rings. The lowest BCUT2D eigenvalue weighted by Crippen LogP contribution is -2.28. The van der Waals surface area contributed by atoms with Gasteiger partial charge in [-0.05, 0) is 43.9 Å². The highest BCUT2D eigenvalue weighted by Crippen LogP contribution is 2.33. The summed E-state index contributed by atoms with van der Waals surface area (Å²) in [5.74, 6) is -0.644. The molecule has 0 unspecified atom stereocenters. The van der Waals surface area contributed by atoms with Crippen molar-refractivity contribution in [3.63, 3.8) is 0 Å². The van der Waals surface area contributed by atoms with Crippen molar-refractivity contribution in [2.24, 2.45) is 0 Å². The molecule has 0 atom stereocenters. The lowest BCUT2D eigenvalue weighted by atomic mass is 10.1. The van der Waals surface area contributed by atoms with E-state index in [1.165, 1.54) is 11.3 Å². The number of hydrogen-bond acceptors (Lipinski definition) is 5. The maximum Gasteiger partial charge on any atom is 0.340 e. The fourth-order valence-electron chi connectivity index (χ4n) is 2.44. The van der Waals surface area contributed by atoms with Crippen molar-refractivity contribution >= 4 is 29.3 Å². The Bertz CT molecular complexity index is 672. The fourth-order valence-corrected chi connectivity index (χ4v) is 3.30. The van der Waals surface area contributed by atoms with E-state index in [-0.39, 0.29) is 12.5 Å². The zero-order chi connectivity index (χ0) is 17.0. The zero-order valence-corrected chi connectivity index (χ0v) is 14.7. The summed E-state index contributed by atoms with van der Waals surface area (Å²) in [5, 5.41) is 1.96. The second-order valence-corrected chi connectivity index (χ2v) is 6.10. The number of rotatable bonds is 6. The number of carbonyl (C=O) groups is 2. The van der Waals surface area contributed by atoms with Crippen molar-refractivity contribution in [3.8, 4) is 0 Å². The molecule has 1 aromatic heterocycles. The molecular weight excluding hydrogens is 314 g/mol. The van der Waals surface area contributed by atoms with Crippen LogP contribution in [-0.2, 0) is 19.1 Å². The van der Waals surface area contributed by atoms with Gasteiger partial charge in [0.1, 0.15) is 0 Å². The minimum atomic E-state index is -0.460. The number of esters is 1. The van der Waals surface area contributed by atoms with E-state index >= 15 is 0 Å². The number of nitrogens with zero attached hydrogens (tertiary/aromatic N) is 1. The summed E-state index contributed by atoms with van der Waals surface area (Å²) in [5.41, 5.74) is 2.43. The first-order valence-corrected chi connectivity index (χ1v) is 8.34. The molecule has 1 aromatic rings. The SMILES string of the molecule is CCOC(=O)C1=C(C)N(CCOC)C(=O)/C1=C/c1sccc1C. The maximum absolute atomic E-state index is 12.7. The molecule has 0 fully saturated rings. The number of aryl methyl sites for hydroxylation is 1. The van der Waals surface area contributed by atoms with Crippen molar-refractivity contribution in [1.29, 1.82) is 0 Å². The third kappa shape index (κ3) is 3.54. The van der Waals surface area contributed by atoms with Crippen molar-refractivity contribution in [2.75, 3.05) is 26.9 Å². The van der Waals surface area contributed by atoms with Gasteiger partial charge in [0.25, 0.3) is 5.91 Å². The highest BCUT2D eigenvalue weighted by molar-refractivity contribution is 7.11. The maximum atomic E-state index is 12.7. The van der Waals surface area contributed by atoms with E-state index < -0.39 is 5.97 Å². The average molecular weight is 335 g/mol. The number of allylic oxidation sites excluding steroid dienone is 1. The molecule has 0 radical (unpaired) electrons. The molecule has 6 heteroatoms. The minimum absolute atomic E-state index is 0.185. The molecule has 2 heterocycles. The van der Waals surface area contributed by atoms with E-state index in [1.54, 1.807) is 31.9 Å². The van der Waals surface area contributed by atoms with Gasteiger partial charge in [-0.25, -0.2) is 4.79 Å². The van der Waals surface area contributed by atoms with E-state index in [0.29, 0.717) is 30.0 Å². The van der Waals surface area contributed by atoms with Crippen molar-refractivity contribution in [1.82, 2.24) is 4.90 Å². The smallest absolute Gasteiger partial charge is 0.340 e. The van der Waals surface area contributed by atoms with Crippen molar-refractivity contribution in [2.45, 2.75) is 20.8 Å². The normalized spacial score (nSPS) is 16.6. The van der Waals surface area contributed by atoms with Crippen LogP contribution in [-0.4, -0.2) is 43.6 Å². The first-order valence-electron chi connectivity index (χ1n) is 7.46. The Hall–Kier alpha value is -1.92. The molecule has 0 bridgehead atoms. The third-order valence-electron chi connectivity index (χ3n) is 3.69. The van der Waals surface area contributed by atoms with Gasteiger partial charge in [-0.3, -0.25) is 4.79 Å². The summed E-state index contributed by atoms with van der Waals surface area (Å²) >= 11 is 1.54. The third-order valence-corrected chi connectivity index (χ3v) is 4.65. The lowest BCUT2D eigenvalue weighted by molar-refractivity contribution is -0.138. The number of ether oxygens (including phenoxy) is 2. The molecule has 1 amide bonds. The van der Waals surface area contributed by atoms with Crippen LogP contribution in [0.4, 0.5) is 0 Å². The fraction of sp³-hybridized carbons (Fsp3) is 0.412. The Balaban J connectivity index is 2.46. The Morgan fingerprint density at radius 3 is 2.70 bits per heavy atom. The molecule has 0 aliphatic carbocycles. The van der Waals surface area contributed by atoms with Crippen LogP contribution >= 0.6 is 11.3 Å². The topological polar surface area (TPSA) is 55.8 Å². The van der Waals surface area contributed by atoms with Crippen LogP contribution in [0.1, 0.15) is 24.3 Å². The Morgan fingerprint density at radius 1 is 1.39 bits per heavy atom. The van der Waals surface area contributed by atoms with Crippen LogP contribution in [0.2, 0.25) is 0 Å². The largest absolute Gasteiger partial charge is 0.462 e. The van der Waals surface area contributed by atoms with Crippen LogP contribution in [0.5, 0.6) is 0 Å². The molecule has 124 valence electrons. The molecule has 1 aliphatic heterocycles. The molecule has 0 N–H and O–H groups in total. The van der Waals surface area contributed by atoms with E-state index in [4.69, 9.17) is 9.47 Å². The summed E-state index contributed by atoms with van der Waals surface area (Å²) in [6.45, 7) is 6.58. The Morgan fingerprint density at radius 2 is 2.13 bits per heavy atom. The molecule has 5 nitrogen and oxygen atoms in total. The Labute approximate surface area is 140 Å². The molecule has 2 rings (SSSR count). The number of amides is 1. The van der Waals surface area contributed by atoms with Crippen LogP contribution in [0.15, 0.2) is 28.3 Å². The second kappa shape index (κ2) is 7.57. The molecule has 0 saturated heterocycles. The first-order chi connectivity index (χ1) is 11.0. The summed E-state index contributed by atoms with van der Waals surface area (Å²) in [6.07, 6.45) is 1.78. The average Bonchev–Trinajstić information content (AvgIpc) is 3.01. The summed E-state index contributed by atoms with van der Waals surface area (Å²) in [4.78, 5) is 27.6. The molecule has 0 spiro atoms.